The van der Waals surface area contributed by atoms with Crippen LogP contribution in [-0.4, -0.2) is 37.2 Å². The van der Waals surface area contributed by atoms with E-state index < -0.39 is 0 Å². The SMILES string of the molecule is CCN1CC[C@@]23C4=CC=C(OC)[C@@H]2Oc2c(C)ccc(c23)CC41. The van der Waals surface area contributed by atoms with Crippen LogP contribution in [0.4, 0.5) is 0 Å². The minimum absolute atomic E-state index is 0.00532. The van der Waals surface area contributed by atoms with Gasteiger partial charge in [0.25, 0.3) is 0 Å². The Bertz CT molecular complexity index is 763. The number of piperidine rings is 1. The number of likely N-dealkylation sites (tertiary alicyclic amines) is 1. The molecule has 5 rings (SSSR count). The Balaban J connectivity index is 1.82. The highest BCUT2D eigenvalue weighted by Crippen LogP contribution is 2.61. The van der Waals surface area contributed by atoms with Crippen LogP contribution < -0.4 is 4.74 Å². The van der Waals surface area contributed by atoms with Crippen LogP contribution in [0, 0.1) is 6.92 Å². The lowest BCUT2D eigenvalue weighted by atomic mass is 9.57. The molecule has 3 heteroatoms. The first-order valence-electron chi connectivity index (χ1n) is 8.70. The normalized spacial score (nSPS) is 33.5. The average molecular weight is 309 g/mol. The summed E-state index contributed by atoms with van der Waals surface area (Å²) in [5, 5.41) is 0. The number of ether oxygens (including phenoxy) is 2. The Labute approximate surface area is 137 Å². The number of hydrogen-bond acceptors (Lipinski definition) is 3. The van der Waals surface area contributed by atoms with Crippen molar-refractivity contribution >= 4 is 0 Å². The Morgan fingerprint density at radius 3 is 3.00 bits per heavy atom. The smallest absolute Gasteiger partial charge is 0.169 e. The standard InChI is InChI=1S/C20H23NO2/c1-4-21-10-9-20-14-7-8-16(22-3)19(20)23-18-12(2)5-6-13(17(18)20)11-15(14)21/h5-8,15,19H,4,9-11H2,1-3H3/t15?,19-,20-/m0/s1. The van der Waals surface area contributed by atoms with Crippen LogP contribution in [0.2, 0.25) is 0 Å². The number of aryl methyl sites for hydroxylation is 1. The van der Waals surface area contributed by atoms with Gasteiger partial charge in [-0.05, 0) is 49.1 Å². The molecule has 1 fully saturated rings. The molecule has 2 aliphatic carbocycles. The maximum absolute atomic E-state index is 6.53. The molecule has 0 N–H and O–H groups in total. The van der Waals surface area contributed by atoms with Gasteiger partial charge in [0.1, 0.15) is 11.5 Å². The van der Waals surface area contributed by atoms with Crippen molar-refractivity contribution < 1.29 is 9.47 Å². The second kappa shape index (κ2) is 4.41. The van der Waals surface area contributed by atoms with Gasteiger partial charge in [0.05, 0.1) is 12.5 Å². The maximum Gasteiger partial charge on any atom is 0.169 e. The fourth-order valence-electron chi connectivity index (χ4n) is 5.38. The number of methoxy groups -OCH3 is 1. The Morgan fingerprint density at radius 1 is 1.35 bits per heavy atom. The van der Waals surface area contributed by atoms with Gasteiger partial charge in [-0.25, -0.2) is 0 Å². The molecule has 0 amide bonds. The number of rotatable bonds is 2. The lowest BCUT2D eigenvalue weighted by molar-refractivity contribution is 0.0668. The van der Waals surface area contributed by atoms with Gasteiger partial charge in [0, 0.05) is 18.2 Å². The molecule has 0 aromatic heterocycles. The predicted molar refractivity (Wildman–Crippen MR) is 89.8 cm³/mol. The predicted octanol–water partition coefficient (Wildman–Crippen LogP) is 3.11. The maximum atomic E-state index is 6.53. The minimum atomic E-state index is 0.00532. The number of likely N-dealkylation sites (N-methyl/N-ethyl adjacent to an activating group) is 1. The van der Waals surface area contributed by atoms with Crippen LogP contribution in [0.5, 0.6) is 5.75 Å². The molecule has 120 valence electrons. The molecule has 1 aromatic rings. The van der Waals surface area contributed by atoms with Gasteiger partial charge in [-0.15, -0.1) is 0 Å². The first kappa shape index (κ1) is 13.7. The summed E-state index contributed by atoms with van der Waals surface area (Å²) in [6.45, 7) is 6.69. The van der Waals surface area contributed by atoms with Gasteiger partial charge >= 0.3 is 0 Å². The number of allylic oxidation sites excluding steroid dienone is 2. The van der Waals surface area contributed by atoms with E-state index in [9.17, 15) is 0 Å². The average Bonchev–Trinajstić information content (AvgIpc) is 2.91. The monoisotopic (exact) mass is 309 g/mol. The summed E-state index contributed by atoms with van der Waals surface area (Å²) in [5.74, 6) is 2.09. The zero-order valence-corrected chi connectivity index (χ0v) is 14.1. The van der Waals surface area contributed by atoms with Crippen molar-refractivity contribution in [2.45, 2.75) is 44.2 Å². The van der Waals surface area contributed by atoms with Gasteiger partial charge in [-0.3, -0.25) is 4.90 Å². The van der Waals surface area contributed by atoms with E-state index in [1.807, 2.05) is 0 Å². The van der Waals surface area contributed by atoms with Crippen molar-refractivity contribution in [1.82, 2.24) is 4.90 Å². The Morgan fingerprint density at radius 2 is 2.22 bits per heavy atom. The third-order valence-corrected chi connectivity index (χ3v) is 6.42. The van der Waals surface area contributed by atoms with Crippen LogP contribution in [0.25, 0.3) is 0 Å². The highest BCUT2D eigenvalue weighted by atomic mass is 16.5. The molecule has 1 aromatic carbocycles. The van der Waals surface area contributed by atoms with Crippen molar-refractivity contribution in [2.24, 2.45) is 0 Å². The highest BCUT2D eigenvalue weighted by molar-refractivity contribution is 5.65. The Hall–Kier alpha value is -1.74. The van der Waals surface area contributed by atoms with E-state index in [4.69, 9.17) is 9.47 Å². The molecule has 2 heterocycles. The zero-order valence-electron chi connectivity index (χ0n) is 14.1. The fourth-order valence-corrected chi connectivity index (χ4v) is 5.38. The van der Waals surface area contributed by atoms with Crippen molar-refractivity contribution in [3.05, 3.63) is 52.3 Å². The van der Waals surface area contributed by atoms with Crippen LogP contribution >= 0.6 is 0 Å². The summed E-state index contributed by atoms with van der Waals surface area (Å²) < 4.78 is 12.2. The van der Waals surface area contributed by atoms with Crippen LogP contribution in [0.15, 0.2) is 35.6 Å². The van der Waals surface area contributed by atoms with Gasteiger partial charge < -0.3 is 9.47 Å². The lowest BCUT2D eigenvalue weighted by Crippen LogP contribution is -2.59. The van der Waals surface area contributed by atoms with Crippen molar-refractivity contribution in [2.75, 3.05) is 20.2 Å². The van der Waals surface area contributed by atoms with Crippen LogP contribution in [0.1, 0.15) is 30.0 Å². The lowest BCUT2D eigenvalue weighted by Gasteiger charge is -2.53. The summed E-state index contributed by atoms with van der Waals surface area (Å²) in [5.41, 5.74) is 5.74. The van der Waals surface area contributed by atoms with Crippen molar-refractivity contribution in [3.63, 3.8) is 0 Å². The molecular formula is C20H23NO2. The molecule has 2 bridgehead atoms. The molecule has 23 heavy (non-hydrogen) atoms. The van der Waals surface area contributed by atoms with E-state index in [2.05, 4.69) is 43.0 Å². The van der Waals surface area contributed by atoms with Gasteiger partial charge in [-0.1, -0.05) is 25.1 Å². The number of hydrogen-bond donors (Lipinski definition) is 0. The van der Waals surface area contributed by atoms with Gasteiger partial charge in [0.2, 0.25) is 0 Å². The van der Waals surface area contributed by atoms with Gasteiger partial charge in [0.15, 0.2) is 6.10 Å². The van der Waals surface area contributed by atoms with E-state index in [0.717, 1.165) is 37.4 Å². The third kappa shape index (κ3) is 1.45. The van der Waals surface area contributed by atoms with E-state index in [-0.39, 0.29) is 11.5 Å². The third-order valence-electron chi connectivity index (χ3n) is 6.42. The molecule has 4 aliphatic rings. The molecule has 0 saturated carbocycles. The minimum Gasteiger partial charge on any atom is -0.497 e. The van der Waals surface area contributed by atoms with E-state index >= 15 is 0 Å². The molecule has 3 atom stereocenters. The molecule has 0 radical (unpaired) electrons. The van der Waals surface area contributed by atoms with Crippen molar-refractivity contribution in [1.29, 1.82) is 0 Å². The zero-order chi connectivity index (χ0) is 15.8. The topological polar surface area (TPSA) is 21.7 Å². The quantitative estimate of drug-likeness (QED) is 0.838. The first-order valence-corrected chi connectivity index (χ1v) is 8.70. The highest BCUT2D eigenvalue weighted by Gasteiger charge is 2.61. The number of nitrogens with zero attached hydrogens (tertiary/aromatic N) is 1. The van der Waals surface area contributed by atoms with E-state index in [1.54, 1.807) is 12.7 Å². The Kier molecular flexibility index (Phi) is 2.63. The second-order valence-corrected chi connectivity index (χ2v) is 7.21. The summed E-state index contributed by atoms with van der Waals surface area (Å²) in [6.07, 6.45) is 6.71. The fraction of sp³-hybridized carbons (Fsp3) is 0.500. The van der Waals surface area contributed by atoms with E-state index in [0.29, 0.717) is 6.04 Å². The van der Waals surface area contributed by atoms with Crippen LogP contribution in [-0.2, 0) is 16.6 Å². The molecule has 2 aliphatic heterocycles. The number of benzene rings is 1. The molecule has 1 spiro atoms. The van der Waals surface area contributed by atoms with E-state index in [1.165, 1.54) is 16.7 Å². The second-order valence-electron chi connectivity index (χ2n) is 7.21. The summed E-state index contributed by atoms with van der Waals surface area (Å²) in [6, 6.07) is 5.06. The summed E-state index contributed by atoms with van der Waals surface area (Å²) >= 11 is 0. The van der Waals surface area contributed by atoms with Gasteiger partial charge in [-0.2, -0.15) is 0 Å². The molecule has 1 saturated heterocycles. The summed E-state index contributed by atoms with van der Waals surface area (Å²) in [7, 11) is 1.77. The first-order chi connectivity index (χ1) is 11.2. The largest absolute Gasteiger partial charge is 0.497 e. The van der Waals surface area contributed by atoms with Crippen molar-refractivity contribution in [3.8, 4) is 5.75 Å². The molecule has 3 nitrogen and oxygen atoms in total. The van der Waals surface area contributed by atoms with Crippen LogP contribution in [0.3, 0.4) is 0 Å². The molecule has 1 unspecified atom stereocenters. The molecular weight excluding hydrogens is 286 g/mol. The summed E-state index contributed by atoms with van der Waals surface area (Å²) in [4.78, 5) is 2.63.